The molecule has 3 heteroatoms. The number of carbonyl (C=O) groups excluding carboxylic acids is 1. The summed E-state index contributed by atoms with van der Waals surface area (Å²) in [6.07, 6.45) is 1.37. The fourth-order valence-corrected chi connectivity index (χ4v) is 0.246. The van der Waals surface area contributed by atoms with Gasteiger partial charge in [0, 0.05) is 6.42 Å². The van der Waals surface area contributed by atoms with E-state index in [0.717, 1.165) is 6.42 Å². The van der Waals surface area contributed by atoms with Gasteiger partial charge in [-0.05, 0) is 6.42 Å². The van der Waals surface area contributed by atoms with Gasteiger partial charge in [0.05, 0.1) is 0 Å². The van der Waals surface area contributed by atoms with Crippen molar-refractivity contribution in [3.8, 4) is 0 Å². The zero-order valence-corrected chi connectivity index (χ0v) is 3.90. The van der Waals surface area contributed by atoms with Crippen molar-refractivity contribution in [3.05, 3.63) is 0 Å². The van der Waals surface area contributed by atoms with Crippen LogP contribution in [0.25, 0.3) is 0 Å². The van der Waals surface area contributed by atoms with Gasteiger partial charge in [0.15, 0.2) is 0 Å². The molecular formula is C4H10KNO. The van der Waals surface area contributed by atoms with Crippen LogP contribution in [-0.4, -0.2) is 57.3 Å². The number of hydrogen-bond acceptors (Lipinski definition) is 1. The summed E-state index contributed by atoms with van der Waals surface area (Å²) < 4.78 is 0. The van der Waals surface area contributed by atoms with E-state index in [4.69, 9.17) is 5.73 Å². The van der Waals surface area contributed by atoms with Crippen LogP contribution >= 0.6 is 0 Å². The van der Waals surface area contributed by atoms with Crippen LogP contribution in [0.2, 0.25) is 0 Å². The molecule has 0 saturated heterocycles. The van der Waals surface area contributed by atoms with Gasteiger partial charge in [0.2, 0.25) is 5.91 Å². The maximum absolute atomic E-state index is 9.82. The summed E-state index contributed by atoms with van der Waals surface area (Å²) in [5.74, 6) is -0.211. The van der Waals surface area contributed by atoms with Crippen LogP contribution in [0.1, 0.15) is 19.8 Å². The first-order chi connectivity index (χ1) is 2.77. The molecule has 1 amide bonds. The Labute approximate surface area is 86.3 Å². The van der Waals surface area contributed by atoms with Gasteiger partial charge in [-0.25, -0.2) is 0 Å². The van der Waals surface area contributed by atoms with Crippen molar-refractivity contribution in [2.24, 2.45) is 5.73 Å². The summed E-state index contributed by atoms with van der Waals surface area (Å²) in [4.78, 5) is 9.82. The van der Waals surface area contributed by atoms with Crippen LogP contribution in [0.5, 0.6) is 0 Å². The molecule has 2 nitrogen and oxygen atoms in total. The van der Waals surface area contributed by atoms with Crippen molar-refractivity contribution >= 4 is 57.3 Å². The second-order valence-corrected chi connectivity index (χ2v) is 1.22. The second-order valence-electron chi connectivity index (χ2n) is 1.22. The molecule has 0 atom stereocenters. The van der Waals surface area contributed by atoms with E-state index in [9.17, 15) is 4.79 Å². The zero-order chi connectivity index (χ0) is 4.99. The number of nitrogens with two attached hydrogens (primary N) is 1. The summed E-state index contributed by atoms with van der Waals surface area (Å²) >= 11 is 0. The molecule has 0 bridgehead atoms. The molecule has 0 unspecified atom stereocenters. The average molecular weight is 127 g/mol. The predicted octanol–water partition coefficient (Wildman–Crippen LogP) is -0.377. The molecule has 2 N–H and O–H groups in total. The summed E-state index contributed by atoms with van der Waals surface area (Å²) in [6.45, 7) is 1.92. The Morgan fingerprint density at radius 3 is 2.14 bits per heavy atom. The summed E-state index contributed by atoms with van der Waals surface area (Å²) in [5, 5.41) is 0. The van der Waals surface area contributed by atoms with Gasteiger partial charge >= 0.3 is 51.4 Å². The van der Waals surface area contributed by atoms with Crippen molar-refractivity contribution in [3.63, 3.8) is 0 Å². The van der Waals surface area contributed by atoms with Gasteiger partial charge < -0.3 is 5.73 Å². The van der Waals surface area contributed by atoms with E-state index in [-0.39, 0.29) is 57.3 Å². The van der Waals surface area contributed by atoms with Gasteiger partial charge in [-0.1, -0.05) is 6.92 Å². The molecule has 0 fully saturated rings. The molecule has 0 radical (unpaired) electrons. The number of hydrogen-bond donors (Lipinski definition) is 1. The Bertz CT molecular complexity index is 55.7. The molecule has 38 valence electrons. The third-order valence-corrected chi connectivity index (χ3v) is 0.496. The Morgan fingerprint density at radius 1 is 1.71 bits per heavy atom. The van der Waals surface area contributed by atoms with Gasteiger partial charge in [-0.15, -0.1) is 0 Å². The Kier molecular flexibility index (Phi) is 11.1. The van der Waals surface area contributed by atoms with Crippen molar-refractivity contribution in [1.82, 2.24) is 0 Å². The van der Waals surface area contributed by atoms with E-state index < -0.39 is 0 Å². The first-order valence-electron chi connectivity index (χ1n) is 2.05. The summed E-state index contributed by atoms with van der Waals surface area (Å²) in [5.41, 5.74) is 4.76. The SMILES string of the molecule is CCCC(N)=O.[KH]. The van der Waals surface area contributed by atoms with Crippen LogP contribution < -0.4 is 5.73 Å². The Balaban J connectivity index is 0. The van der Waals surface area contributed by atoms with Crippen LogP contribution in [0, 0.1) is 0 Å². The molecule has 0 aromatic carbocycles. The maximum atomic E-state index is 9.82. The fraction of sp³-hybridized carbons (Fsp3) is 0.750. The zero-order valence-electron chi connectivity index (χ0n) is 3.90. The first-order valence-corrected chi connectivity index (χ1v) is 2.05. The second kappa shape index (κ2) is 7.11. The Morgan fingerprint density at radius 2 is 2.14 bits per heavy atom. The topological polar surface area (TPSA) is 43.1 Å². The van der Waals surface area contributed by atoms with Crippen molar-refractivity contribution < 1.29 is 4.79 Å². The predicted molar refractivity (Wildman–Crippen MR) is 31.3 cm³/mol. The van der Waals surface area contributed by atoms with E-state index in [0.29, 0.717) is 6.42 Å². The van der Waals surface area contributed by atoms with E-state index in [2.05, 4.69) is 0 Å². The molecule has 0 aliphatic rings. The van der Waals surface area contributed by atoms with Gasteiger partial charge in [-0.3, -0.25) is 4.79 Å². The van der Waals surface area contributed by atoms with Crippen LogP contribution in [0.4, 0.5) is 0 Å². The average Bonchev–Trinajstić information content (AvgIpc) is 1.35. The molecule has 0 saturated carbocycles. The van der Waals surface area contributed by atoms with Crippen molar-refractivity contribution in [2.45, 2.75) is 19.8 Å². The number of rotatable bonds is 2. The monoisotopic (exact) mass is 127 g/mol. The van der Waals surface area contributed by atoms with Gasteiger partial charge in [-0.2, -0.15) is 0 Å². The van der Waals surface area contributed by atoms with E-state index in [1.54, 1.807) is 0 Å². The van der Waals surface area contributed by atoms with Crippen LogP contribution in [-0.2, 0) is 4.79 Å². The third-order valence-electron chi connectivity index (χ3n) is 0.496. The molecule has 7 heavy (non-hydrogen) atoms. The molecule has 0 heterocycles. The third kappa shape index (κ3) is 11.0. The van der Waals surface area contributed by atoms with Crippen LogP contribution in [0.3, 0.4) is 0 Å². The van der Waals surface area contributed by atoms with E-state index >= 15 is 0 Å². The quantitative estimate of drug-likeness (QED) is 0.505. The van der Waals surface area contributed by atoms with Gasteiger partial charge in [0.1, 0.15) is 0 Å². The molecule has 0 rings (SSSR count). The molecule has 0 aliphatic heterocycles. The number of primary amides is 1. The molecule has 0 aromatic rings. The minimum atomic E-state index is -0.211. The number of carbonyl (C=O) groups is 1. The summed E-state index contributed by atoms with van der Waals surface area (Å²) in [7, 11) is 0. The first kappa shape index (κ1) is 11.0. The minimum absolute atomic E-state index is 0. The molecule has 0 aromatic heterocycles. The standard InChI is InChI=1S/C4H9NO.K.H/c1-2-3-4(5)6;;/h2-3H2,1H3,(H2,5,6);;. The molecule has 0 spiro atoms. The van der Waals surface area contributed by atoms with E-state index in [1.165, 1.54) is 0 Å². The van der Waals surface area contributed by atoms with Crippen LogP contribution in [0.15, 0.2) is 0 Å². The Hall–Kier alpha value is 1.11. The molecule has 0 aliphatic carbocycles. The van der Waals surface area contributed by atoms with E-state index in [1.807, 2.05) is 6.92 Å². The summed E-state index contributed by atoms with van der Waals surface area (Å²) in [6, 6.07) is 0. The van der Waals surface area contributed by atoms with Crippen molar-refractivity contribution in [1.29, 1.82) is 0 Å². The number of amides is 1. The molecular weight excluding hydrogens is 117 g/mol. The normalized spacial score (nSPS) is 7.00. The van der Waals surface area contributed by atoms with Crippen molar-refractivity contribution in [2.75, 3.05) is 0 Å². The van der Waals surface area contributed by atoms with Gasteiger partial charge in [0.25, 0.3) is 0 Å². The fourth-order valence-electron chi connectivity index (χ4n) is 0.246.